The lowest BCUT2D eigenvalue weighted by atomic mass is 9.82. The van der Waals surface area contributed by atoms with Crippen molar-refractivity contribution in [3.63, 3.8) is 0 Å². The van der Waals surface area contributed by atoms with E-state index in [1.165, 1.54) is 48.3 Å². The fourth-order valence-electron chi connectivity index (χ4n) is 4.02. The Morgan fingerprint density at radius 1 is 1.00 bits per heavy atom. The van der Waals surface area contributed by atoms with E-state index in [1.54, 1.807) is 26.5 Å². The summed E-state index contributed by atoms with van der Waals surface area (Å²) in [6.45, 7) is 4.55. The number of allylic oxidation sites excluding steroid dienone is 1. The van der Waals surface area contributed by atoms with E-state index >= 15 is 0 Å². The van der Waals surface area contributed by atoms with Crippen molar-refractivity contribution in [1.82, 2.24) is 0 Å². The summed E-state index contributed by atoms with van der Waals surface area (Å²) in [5.41, 5.74) is 4.95. The molecule has 21 heavy (non-hydrogen) atoms. The van der Waals surface area contributed by atoms with E-state index in [1.807, 2.05) is 22.7 Å². The highest BCUT2D eigenvalue weighted by atomic mass is 32.1. The van der Waals surface area contributed by atoms with Gasteiger partial charge in [0, 0.05) is 25.9 Å². The molecule has 0 saturated heterocycles. The number of hydrogen-bond donors (Lipinski definition) is 0. The molecule has 0 aromatic carbocycles. The molecule has 2 aliphatic carbocycles. The predicted molar refractivity (Wildman–Crippen MR) is 95.5 cm³/mol. The van der Waals surface area contributed by atoms with E-state index < -0.39 is 0 Å². The molecular weight excluding hydrogens is 292 g/mol. The average molecular weight is 315 g/mol. The molecule has 0 spiro atoms. The number of hydrogen-bond acceptors (Lipinski definition) is 2. The van der Waals surface area contributed by atoms with E-state index in [4.69, 9.17) is 0 Å². The van der Waals surface area contributed by atoms with Crippen molar-refractivity contribution in [1.29, 1.82) is 0 Å². The summed E-state index contributed by atoms with van der Waals surface area (Å²) in [5, 5.41) is 0. The predicted octanol–water partition coefficient (Wildman–Crippen LogP) is 6.57. The van der Waals surface area contributed by atoms with Gasteiger partial charge in [0.05, 0.1) is 0 Å². The molecule has 0 bridgehead atoms. The van der Waals surface area contributed by atoms with Crippen molar-refractivity contribution in [3.8, 4) is 0 Å². The summed E-state index contributed by atoms with van der Waals surface area (Å²) in [7, 11) is 0. The normalized spacial score (nSPS) is 18.9. The van der Waals surface area contributed by atoms with Gasteiger partial charge in [0.1, 0.15) is 0 Å². The standard InChI is InChI=1S/C19H22S2/c1-12-8-9-17(20-12)15-10-16-18(11-15)21-13(2)19(16)14-6-4-3-5-7-14/h8-9,11,14H,3-7,10H2,1-2H3. The van der Waals surface area contributed by atoms with Crippen LogP contribution in [0.2, 0.25) is 0 Å². The van der Waals surface area contributed by atoms with E-state index in [-0.39, 0.29) is 0 Å². The molecule has 1 saturated carbocycles. The van der Waals surface area contributed by atoms with Crippen LogP contribution in [-0.2, 0) is 6.42 Å². The summed E-state index contributed by atoms with van der Waals surface area (Å²) < 4.78 is 0. The van der Waals surface area contributed by atoms with Crippen LogP contribution in [0.25, 0.3) is 11.6 Å². The van der Waals surface area contributed by atoms with Crippen LogP contribution in [0.5, 0.6) is 0 Å². The summed E-state index contributed by atoms with van der Waals surface area (Å²) in [5.74, 6) is 0.844. The SMILES string of the molecule is Cc1ccc(C2=Cc3sc(C)c(C4CCCCC4)c3C2)s1. The molecule has 110 valence electrons. The average Bonchev–Trinajstić information content (AvgIpc) is 3.13. The molecule has 0 radical (unpaired) electrons. The highest BCUT2D eigenvalue weighted by molar-refractivity contribution is 7.14. The summed E-state index contributed by atoms with van der Waals surface area (Å²) in [4.78, 5) is 6.03. The highest BCUT2D eigenvalue weighted by Gasteiger charge is 2.27. The fourth-order valence-corrected chi connectivity index (χ4v) is 6.13. The molecule has 2 heterocycles. The maximum absolute atomic E-state index is 2.46. The third kappa shape index (κ3) is 2.43. The van der Waals surface area contributed by atoms with Crippen molar-refractivity contribution < 1.29 is 0 Å². The van der Waals surface area contributed by atoms with Gasteiger partial charge in [-0.15, -0.1) is 22.7 Å². The summed E-state index contributed by atoms with van der Waals surface area (Å²) in [6.07, 6.45) is 10.8. The first-order valence-electron chi connectivity index (χ1n) is 8.12. The Hall–Kier alpha value is -0.860. The molecule has 0 N–H and O–H groups in total. The molecule has 1 fully saturated rings. The second-order valence-corrected chi connectivity index (χ2v) is 9.05. The fraction of sp³-hybridized carbons (Fsp3) is 0.474. The lowest BCUT2D eigenvalue weighted by Crippen LogP contribution is -2.07. The Morgan fingerprint density at radius 2 is 1.81 bits per heavy atom. The molecule has 0 amide bonds. The molecule has 2 aliphatic rings. The van der Waals surface area contributed by atoms with Gasteiger partial charge in [-0.1, -0.05) is 19.3 Å². The monoisotopic (exact) mass is 314 g/mol. The number of thiophene rings is 2. The Morgan fingerprint density at radius 3 is 2.52 bits per heavy atom. The van der Waals surface area contributed by atoms with Gasteiger partial charge in [0.15, 0.2) is 0 Å². The minimum atomic E-state index is 0.844. The van der Waals surface area contributed by atoms with Crippen molar-refractivity contribution in [3.05, 3.63) is 42.8 Å². The Kier molecular flexibility index (Phi) is 3.55. The van der Waals surface area contributed by atoms with Gasteiger partial charge >= 0.3 is 0 Å². The third-order valence-corrected chi connectivity index (χ3v) is 7.19. The molecule has 0 aliphatic heterocycles. The zero-order valence-electron chi connectivity index (χ0n) is 12.9. The molecule has 0 atom stereocenters. The molecule has 2 heteroatoms. The van der Waals surface area contributed by atoms with Crippen LogP contribution in [0.4, 0.5) is 0 Å². The van der Waals surface area contributed by atoms with Crippen LogP contribution >= 0.6 is 22.7 Å². The van der Waals surface area contributed by atoms with E-state index in [0.29, 0.717) is 0 Å². The van der Waals surface area contributed by atoms with E-state index in [9.17, 15) is 0 Å². The van der Waals surface area contributed by atoms with Crippen molar-refractivity contribution >= 4 is 34.3 Å². The minimum absolute atomic E-state index is 0.844. The first-order valence-corrected chi connectivity index (χ1v) is 9.75. The molecule has 4 rings (SSSR count). The van der Waals surface area contributed by atoms with E-state index in [2.05, 4.69) is 32.1 Å². The topological polar surface area (TPSA) is 0 Å². The first-order chi connectivity index (χ1) is 10.2. The van der Waals surface area contributed by atoms with Crippen molar-refractivity contribution in [2.24, 2.45) is 0 Å². The van der Waals surface area contributed by atoms with Gasteiger partial charge in [-0.25, -0.2) is 0 Å². The van der Waals surface area contributed by atoms with Crippen LogP contribution in [0, 0.1) is 13.8 Å². The maximum Gasteiger partial charge on any atom is 0.0314 e. The zero-order valence-corrected chi connectivity index (χ0v) is 14.5. The lowest BCUT2D eigenvalue weighted by molar-refractivity contribution is 0.442. The van der Waals surface area contributed by atoms with Crippen LogP contribution in [-0.4, -0.2) is 0 Å². The minimum Gasteiger partial charge on any atom is -0.141 e. The van der Waals surface area contributed by atoms with Gasteiger partial charge in [0.25, 0.3) is 0 Å². The van der Waals surface area contributed by atoms with Gasteiger partial charge in [-0.05, 0) is 67.5 Å². The molecular formula is C19H22S2. The van der Waals surface area contributed by atoms with Gasteiger partial charge in [-0.3, -0.25) is 0 Å². The van der Waals surface area contributed by atoms with Crippen LogP contribution in [0.1, 0.15) is 68.7 Å². The largest absolute Gasteiger partial charge is 0.141 e. The van der Waals surface area contributed by atoms with Crippen LogP contribution in [0.3, 0.4) is 0 Å². The number of fused-ring (bicyclic) bond motifs is 1. The van der Waals surface area contributed by atoms with Crippen molar-refractivity contribution in [2.75, 3.05) is 0 Å². The molecule has 0 nitrogen and oxygen atoms in total. The Bertz CT molecular complexity index is 693. The lowest BCUT2D eigenvalue weighted by Gasteiger charge is -2.23. The highest BCUT2D eigenvalue weighted by Crippen LogP contribution is 2.46. The maximum atomic E-state index is 2.46. The second-order valence-electron chi connectivity index (χ2n) is 6.51. The first kappa shape index (κ1) is 13.8. The molecule has 0 unspecified atom stereocenters. The third-order valence-electron chi connectivity index (χ3n) is 5.01. The molecule has 2 aromatic heterocycles. The van der Waals surface area contributed by atoms with Gasteiger partial charge in [-0.2, -0.15) is 0 Å². The Balaban J connectivity index is 1.67. The summed E-state index contributed by atoms with van der Waals surface area (Å²) in [6, 6.07) is 4.55. The van der Waals surface area contributed by atoms with Crippen LogP contribution in [0.15, 0.2) is 12.1 Å². The smallest absolute Gasteiger partial charge is 0.0314 e. The molecule has 2 aromatic rings. The van der Waals surface area contributed by atoms with Crippen molar-refractivity contribution in [2.45, 2.75) is 58.3 Å². The van der Waals surface area contributed by atoms with E-state index in [0.717, 1.165) is 5.92 Å². The van der Waals surface area contributed by atoms with Gasteiger partial charge < -0.3 is 0 Å². The second kappa shape index (κ2) is 5.40. The van der Waals surface area contributed by atoms with Gasteiger partial charge in [0.2, 0.25) is 0 Å². The number of aryl methyl sites for hydroxylation is 2. The quantitative estimate of drug-likeness (QED) is 0.588. The zero-order chi connectivity index (χ0) is 14.4. The van der Waals surface area contributed by atoms with Crippen LogP contribution < -0.4 is 0 Å². The number of rotatable bonds is 2. The Labute approximate surface area is 135 Å². The summed E-state index contributed by atoms with van der Waals surface area (Å²) >= 11 is 3.97.